The standard InChI is InChI=1S/C15H13N3O3S/c16-13-6-7-14(12-5-2-8-17-15(12)13)22(20,21)18-10-3-1-4-11(19)9-10/h1-9,18-19H,16H2. The highest BCUT2D eigenvalue weighted by molar-refractivity contribution is 7.93. The van der Waals surface area contributed by atoms with E-state index in [1.165, 1.54) is 24.3 Å². The van der Waals surface area contributed by atoms with Gasteiger partial charge in [0.15, 0.2) is 0 Å². The molecule has 1 heterocycles. The third kappa shape index (κ3) is 2.53. The smallest absolute Gasteiger partial charge is 0.262 e. The fraction of sp³-hybridized carbons (Fsp3) is 0. The topological polar surface area (TPSA) is 105 Å². The molecule has 3 rings (SSSR count). The first kappa shape index (κ1) is 14.2. The van der Waals surface area contributed by atoms with Crippen molar-refractivity contribution in [3.63, 3.8) is 0 Å². The Kier molecular flexibility index (Phi) is 3.34. The first-order valence-corrected chi connectivity index (χ1v) is 7.91. The zero-order valence-corrected chi connectivity index (χ0v) is 12.2. The van der Waals surface area contributed by atoms with E-state index in [-0.39, 0.29) is 16.3 Å². The molecule has 3 aromatic rings. The molecule has 112 valence electrons. The van der Waals surface area contributed by atoms with Gasteiger partial charge in [0.2, 0.25) is 0 Å². The third-order valence-corrected chi connectivity index (χ3v) is 4.59. The Morgan fingerprint density at radius 2 is 1.91 bits per heavy atom. The maximum Gasteiger partial charge on any atom is 0.262 e. The number of phenols is 1. The number of aromatic nitrogens is 1. The van der Waals surface area contributed by atoms with Gasteiger partial charge in [-0.15, -0.1) is 0 Å². The number of nitrogens with one attached hydrogen (secondary N) is 1. The van der Waals surface area contributed by atoms with Gasteiger partial charge in [0.05, 0.1) is 21.8 Å². The van der Waals surface area contributed by atoms with Crippen molar-refractivity contribution in [1.82, 2.24) is 4.98 Å². The molecule has 4 N–H and O–H groups in total. The van der Waals surface area contributed by atoms with Crippen LogP contribution in [0.15, 0.2) is 59.6 Å². The van der Waals surface area contributed by atoms with Crippen molar-refractivity contribution in [2.75, 3.05) is 10.5 Å². The van der Waals surface area contributed by atoms with Gasteiger partial charge in [-0.05, 0) is 36.4 Å². The molecule has 0 saturated heterocycles. The van der Waals surface area contributed by atoms with Gasteiger partial charge < -0.3 is 10.8 Å². The van der Waals surface area contributed by atoms with Crippen LogP contribution < -0.4 is 10.5 Å². The van der Waals surface area contributed by atoms with Crippen molar-refractivity contribution in [3.8, 4) is 5.75 Å². The fourth-order valence-electron chi connectivity index (χ4n) is 2.18. The Hall–Kier alpha value is -2.80. The first-order valence-electron chi connectivity index (χ1n) is 6.42. The number of anilines is 2. The summed E-state index contributed by atoms with van der Waals surface area (Å²) in [5.74, 6) is -0.0240. The Labute approximate surface area is 127 Å². The summed E-state index contributed by atoms with van der Waals surface area (Å²) in [6.45, 7) is 0. The van der Waals surface area contributed by atoms with E-state index in [2.05, 4.69) is 9.71 Å². The van der Waals surface area contributed by atoms with E-state index in [0.29, 0.717) is 16.6 Å². The Morgan fingerprint density at radius 3 is 2.68 bits per heavy atom. The van der Waals surface area contributed by atoms with Crippen LogP contribution in [0.1, 0.15) is 0 Å². The number of hydrogen-bond acceptors (Lipinski definition) is 5. The molecule has 0 aliphatic rings. The normalized spacial score (nSPS) is 11.5. The molecule has 0 aliphatic carbocycles. The predicted octanol–water partition coefficient (Wildman–Crippen LogP) is 2.32. The van der Waals surface area contributed by atoms with Crippen LogP contribution in [0.25, 0.3) is 10.9 Å². The number of fused-ring (bicyclic) bond motifs is 1. The molecule has 0 atom stereocenters. The SMILES string of the molecule is Nc1ccc(S(=O)(=O)Nc2cccc(O)c2)c2cccnc12. The molecule has 7 heteroatoms. The van der Waals surface area contributed by atoms with E-state index in [0.717, 1.165) is 0 Å². The number of benzene rings is 2. The van der Waals surface area contributed by atoms with Gasteiger partial charge in [-0.3, -0.25) is 9.71 Å². The monoisotopic (exact) mass is 315 g/mol. The van der Waals surface area contributed by atoms with Crippen molar-refractivity contribution in [3.05, 3.63) is 54.7 Å². The molecular formula is C15H13N3O3S. The quantitative estimate of drug-likeness (QED) is 0.643. The van der Waals surface area contributed by atoms with Gasteiger partial charge in [0.1, 0.15) is 5.75 Å². The summed E-state index contributed by atoms with van der Waals surface area (Å²) in [5, 5.41) is 9.87. The highest BCUT2D eigenvalue weighted by Gasteiger charge is 2.19. The van der Waals surface area contributed by atoms with Crippen LogP contribution in [0.2, 0.25) is 0 Å². The van der Waals surface area contributed by atoms with E-state index >= 15 is 0 Å². The lowest BCUT2D eigenvalue weighted by Gasteiger charge is -2.11. The highest BCUT2D eigenvalue weighted by Crippen LogP contribution is 2.28. The molecule has 1 aromatic heterocycles. The lowest BCUT2D eigenvalue weighted by Crippen LogP contribution is -2.13. The summed E-state index contributed by atoms with van der Waals surface area (Å²) in [7, 11) is -3.83. The van der Waals surface area contributed by atoms with Crippen molar-refractivity contribution in [1.29, 1.82) is 0 Å². The van der Waals surface area contributed by atoms with E-state index in [9.17, 15) is 13.5 Å². The molecule has 0 saturated carbocycles. The van der Waals surface area contributed by atoms with Gasteiger partial charge in [0, 0.05) is 17.6 Å². The minimum absolute atomic E-state index is 0.0240. The second-order valence-electron chi connectivity index (χ2n) is 4.71. The lowest BCUT2D eigenvalue weighted by atomic mass is 10.2. The number of sulfonamides is 1. The number of nitrogens with two attached hydrogens (primary N) is 1. The van der Waals surface area contributed by atoms with Gasteiger partial charge in [0.25, 0.3) is 10.0 Å². The molecule has 0 unspecified atom stereocenters. The Morgan fingerprint density at radius 1 is 1.09 bits per heavy atom. The number of nitrogen functional groups attached to an aromatic ring is 1. The van der Waals surface area contributed by atoms with Gasteiger partial charge in [-0.25, -0.2) is 8.42 Å². The summed E-state index contributed by atoms with van der Waals surface area (Å²) in [4.78, 5) is 4.20. The maximum atomic E-state index is 12.6. The zero-order chi connectivity index (χ0) is 15.7. The summed E-state index contributed by atoms with van der Waals surface area (Å²) in [6.07, 6.45) is 1.55. The number of aromatic hydroxyl groups is 1. The van der Waals surface area contributed by atoms with Crippen molar-refractivity contribution < 1.29 is 13.5 Å². The fourth-order valence-corrected chi connectivity index (χ4v) is 3.43. The molecule has 0 bridgehead atoms. The third-order valence-electron chi connectivity index (χ3n) is 3.15. The number of hydrogen-bond donors (Lipinski definition) is 3. The molecule has 0 amide bonds. The van der Waals surface area contributed by atoms with E-state index in [1.54, 1.807) is 30.5 Å². The van der Waals surface area contributed by atoms with E-state index in [4.69, 9.17) is 5.73 Å². The van der Waals surface area contributed by atoms with Gasteiger partial charge >= 0.3 is 0 Å². The minimum Gasteiger partial charge on any atom is -0.508 e. The zero-order valence-electron chi connectivity index (χ0n) is 11.4. The van der Waals surface area contributed by atoms with Gasteiger partial charge in [-0.2, -0.15) is 0 Å². The van der Waals surface area contributed by atoms with E-state index in [1.807, 2.05) is 0 Å². The largest absolute Gasteiger partial charge is 0.508 e. The van der Waals surface area contributed by atoms with E-state index < -0.39 is 10.0 Å². The van der Waals surface area contributed by atoms with Crippen LogP contribution in [0.5, 0.6) is 5.75 Å². The Bertz CT molecular complexity index is 955. The van der Waals surface area contributed by atoms with Crippen LogP contribution in [0.4, 0.5) is 11.4 Å². The first-order chi connectivity index (χ1) is 10.5. The number of nitrogens with zero attached hydrogens (tertiary/aromatic N) is 1. The molecule has 0 radical (unpaired) electrons. The summed E-state index contributed by atoms with van der Waals surface area (Å²) in [6, 6.07) is 12.1. The summed E-state index contributed by atoms with van der Waals surface area (Å²) < 4.78 is 27.6. The molecular weight excluding hydrogens is 302 g/mol. The van der Waals surface area contributed by atoms with Crippen molar-refractivity contribution in [2.24, 2.45) is 0 Å². The van der Waals surface area contributed by atoms with Gasteiger partial charge in [-0.1, -0.05) is 6.07 Å². The molecule has 2 aromatic carbocycles. The average Bonchev–Trinajstić information content (AvgIpc) is 2.47. The molecule has 22 heavy (non-hydrogen) atoms. The second-order valence-corrected chi connectivity index (χ2v) is 6.36. The molecule has 0 fully saturated rings. The molecule has 0 aliphatic heterocycles. The average molecular weight is 315 g/mol. The Balaban J connectivity index is 2.12. The van der Waals surface area contributed by atoms with Crippen LogP contribution in [0, 0.1) is 0 Å². The highest BCUT2D eigenvalue weighted by atomic mass is 32.2. The molecule has 0 spiro atoms. The number of phenolic OH excluding ortho intramolecular Hbond substituents is 1. The molecule has 6 nitrogen and oxygen atoms in total. The minimum atomic E-state index is -3.83. The van der Waals surface area contributed by atoms with Crippen LogP contribution >= 0.6 is 0 Å². The van der Waals surface area contributed by atoms with Crippen molar-refractivity contribution >= 4 is 32.3 Å². The van der Waals surface area contributed by atoms with Crippen LogP contribution in [-0.4, -0.2) is 18.5 Å². The number of rotatable bonds is 3. The van der Waals surface area contributed by atoms with Crippen LogP contribution in [-0.2, 0) is 10.0 Å². The summed E-state index contributed by atoms with van der Waals surface area (Å²) in [5.41, 5.74) is 6.94. The maximum absolute atomic E-state index is 12.6. The second kappa shape index (κ2) is 5.19. The lowest BCUT2D eigenvalue weighted by molar-refractivity contribution is 0.475. The van der Waals surface area contributed by atoms with Crippen molar-refractivity contribution in [2.45, 2.75) is 4.90 Å². The summed E-state index contributed by atoms with van der Waals surface area (Å²) >= 11 is 0. The number of pyridine rings is 1. The predicted molar refractivity (Wildman–Crippen MR) is 85.1 cm³/mol. The van der Waals surface area contributed by atoms with Crippen LogP contribution in [0.3, 0.4) is 0 Å².